The summed E-state index contributed by atoms with van der Waals surface area (Å²) in [4.78, 5) is 12.7. The molecule has 0 aromatic heterocycles. The first-order valence-corrected chi connectivity index (χ1v) is 7.16. The predicted molar refractivity (Wildman–Crippen MR) is 78.5 cm³/mol. The minimum Gasteiger partial charge on any atom is -0.465 e. The zero-order valence-electron chi connectivity index (χ0n) is 11.3. The molecule has 0 radical (unpaired) electrons. The van der Waals surface area contributed by atoms with E-state index >= 15 is 0 Å². The molecule has 0 saturated carbocycles. The fourth-order valence-corrected chi connectivity index (χ4v) is 2.31. The maximum atomic E-state index is 11.3. The van der Waals surface area contributed by atoms with Crippen molar-refractivity contribution in [3.05, 3.63) is 34.3 Å². The lowest BCUT2D eigenvalue weighted by Crippen LogP contribution is -2.41. The molecule has 106 valence electrons. The lowest BCUT2D eigenvalue weighted by molar-refractivity contribution is 0.0689. The van der Waals surface area contributed by atoms with E-state index in [0.717, 1.165) is 10.0 Å². The molecule has 0 saturated heterocycles. The molecule has 4 nitrogen and oxygen atoms in total. The van der Waals surface area contributed by atoms with Gasteiger partial charge in [-0.2, -0.15) is 0 Å². The van der Waals surface area contributed by atoms with Crippen LogP contribution in [0.25, 0.3) is 0 Å². The monoisotopic (exact) mass is 329 g/mol. The molecular weight excluding hydrogens is 310 g/mol. The van der Waals surface area contributed by atoms with Crippen LogP contribution in [0, 0.1) is 0 Å². The number of amides is 1. The fourth-order valence-electron chi connectivity index (χ4n) is 1.82. The van der Waals surface area contributed by atoms with E-state index in [1.807, 2.05) is 38.1 Å². The number of nitrogens with zero attached hydrogens (tertiary/aromatic N) is 1. The van der Waals surface area contributed by atoms with Crippen LogP contribution in [0.15, 0.2) is 28.7 Å². The summed E-state index contributed by atoms with van der Waals surface area (Å²) in [7, 11) is 0. The van der Waals surface area contributed by atoms with Gasteiger partial charge in [0.25, 0.3) is 0 Å². The average Bonchev–Trinajstić information content (AvgIpc) is 2.38. The largest absolute Gasteiger partial charge is 0.465 e. The topological polar surface area (TPSA) is 49.8 Å². The number of ether oxygens (including phenoxy) is 1. The van der Waals surface area contributed by atoms with Crippen LogP contribution < -0.4 is 0 Å². The van der Waals surface area contributed by atoms with E-state index in [9.17, 15) is 9.90 Å². The van der Waals surface area contributed by atoms with Crippen LogP contribution in [0.4, 0.5) is 4.79 Å². The Morgan fingerprint density at radius 3 is 2.74 bits per heavy atom. The van der Waals surface area contributed by atoms with Crippen molar-refractivity contribution in [3.63, 3.8) is 0 Å². The second kappa shape index (κ2) is 8.17. The lowest BCUT2D eigenvalue weighted by Gasteiger charge is -2.26. The van der Waals surface area contributed by atoms with Gasteiger partial charge < -0.3 is 14.7 Å². The van der Waals surface area contributed by atoms with Crippen molar-refractivity contribution in [1.29, 1.82) is 0 Å². The fraction of sp³-hybridized carbons (Fsp3) is 0.500. The zero-order valence-corrected chi connectivity index (χ0v) is 12.9. The first kappa shape index (κ1) is 16.0. The summed E-state index contributed by atoms with van der Waals surface area (Å²) in [5.74, 6) is 0. The van der Waals surface area contributed by atoms with E-state index in [1.165, 1.54) is 4.90 Å². The molecular formula is C14H20BrNO3. The third kappa shape index (κ3) is 5.20. The van der Waals surface area contributed by atoms with Gasteiger partial charge in [0.05, 0.1) is 12.6 Å². The highest BCUT2D eigenvalue weighted by molar-refractivity contribution is 9.10. The van der Waals surface area contributed by atoms with Crippen LogP contribution >= 0.6 is 15.9 Å². The lowest BCUT2D eigenvalue weighted by atomic mass is 10.1. The van der Waals surface area contributed by atoms with E-state index in [1.54, 1.807) is 0 Å². The van der Waals surface area contributed by atoms with Crippen LogP contribution in [0.3, 0.4) is 0 Å². The van der Waals surface area contributed by atoms with Crippen molar-refractivity contribution in [2.75, 3.05) is 19.8 Å². The first-order chi connectivity index (χ1) is 9.06. The molecule has 19 heavy (non-hydrogen) atoms. The molecule has 1 aromatic carbocycles. The van der Waals surface area contributed by atoms with Gasteiger partial charge in [0, 0.05) is 17.6 Å². The minimum atomic E-state index is -0.903. The molecule has 0 fully saturated rings. The minimum absolute atomic E-state index is 0.139. The average molecular weight is 330 g/mol. The van der Waals surface area contributed by atoms with Crippen LogP contribution in [0.1, 0.15) is 19.4 Å². The molecule has 1 aromatic rings. The molecule has 1 unspecified atom stereocenters. The van der Waals surface area contributed by atoms with Crippen molar-refractivity contribution in [2.24, 2.45) is 0 Å². The number of benzene rings is 1. The first-order valence-electron chi connectivity index (χ1n) is 6.37. The molecule has 1 atom stereocenters. The number of carbonyl (C=O) groups is 1. The zero-order chi connectivity index (χ0) is 14.3. The van der Waals surface area contributed by atoms with E-state index in [-0.39, 0.29) is 6.04 Å². The van der Waals surface area contributed by atoms with Crippen molar-refractivity contribution in [3.8, 4) is 0 Å². The quantitative estimate of drug-likeness (QED) is 0.834. The summed E-state index contributed by atoms with van der Waals surface area (Å²) in [6.07, 6.45) is -0.219. The SMILES string of the molecule is CCOCC(C)N(CCc1ccccc1Br)C(=O)O. The standard InChI is InChI=1S/C14H20BrNO3/c1-3-19-10-11(2)16(14(17)18)9-8-12-6-4-5-7-13(12)15/h4-7,11H,3,8-10H2,1-2H3,(H,17,18). The Balaban J connectivity index is 2.59. The molecule has 0 aliphatic carbocycles. The Labute approximate surface area is 122 Å². The van der Waals surface area contributed by atoms with Gasteiger partial charge in [-0.05, 0) is 31.9 Å². The summed E-state index contributed by atoms with van der Waals surface area (Å²) in [6, 6.07) is 7.72. The van der Waals surface area contributed by atoms with Gasteiger partial charge in [-0.3, -0.25) is 0 Å². The molecule has 0 spiro atoms. The second-order valence-corrected chi connectivity index (χ2v) is 5.18. The van der Waals surface area contributed by atoms with Gasteiger partial charge >= 0.3 is 6.09 Å². The summed E-state index contributed by atoms with van der Waals surface area (Å²) in [6.45, 7) is 5.26. The molecule has 1 rings (SSSR count). The Morgan fingerprint density at radius 1 is 1.47 bits per heavy atom. The van der Waals surface area contributed by atoms with Crippen molar-refractivity contribution in [1.82, 2.24) is 4.90 Å². The van der Waals surface area contributed by atoms with E-state index in [4.69, 9.17) is 4.74 Å². The van der Waals surface area contributed by atoms with Crippen molar-refractivity contribution < 1.29 is 14.6 Å². The van der Waals surface area contributed by atoms with Gasteiger partial charge in [-0.25, -0.2) is 4.79 Å². The maximum absolute atomic E-state index is 11.3. The summed E-state index contributed by atoms with van der Waals surface area (Å²) < 4.78 is 6.30. The molecule has 0 heterocycles. The van der Waals surface area contributed by atoms with Crippen molar-refractivity contribution in [2.45, 2.75) is 26.3 Å². The summed E-state index contributed by atoms with van der Waals surface area (Å²) in [5, 5.41) is 9.25. The van der Waals surface area contributed by atoms with E-state index in [0.29, 0.717) is 26.2 Å². The molecule has 0 aliphatic rings. The Bertz CT molecular complexity index is 411. The van der Waals surface area contributed by atoms with Crippen LogP contribution in [0.5, 0.6) is 0 Å². The third-order valence-corrected chi connectivity index (χ3v) is 3.69. The van der Waals surface area contributed by atoms with Gasteiger partial charge in [-0.1, -0.05) is 34.1 Å². The number of hydrogen-bond donors (Lipinski definition) is 1. The van der Waals surface area contributed by atoms with Crippen molar-refractivity contribution >= 4 is 22.0 Å². The number of rotatable bonds is 7. The Morgan fingerprint density at radius 2 is 2.16 bits per heavy atom. The molecule has 0 aliphatic heterocycles. The number of carboxylic acid groups (broad SMARTS) is 1. The second-order valence-electron chi connectivity index (χ2n) is 4.33. The number of halogens is 1. The van der Waals surface area contributed by atoms with Gasteiger partial charge in [0.2, 0.25) is 0 Å². The molecule has 1 amide bonds. The van der Waals surface area contributed by atoms with Gasteiger partial charge in [0.15, 0.2) is 0 Å². The van der Waals surface area contributed by atoms with Gasteiger partial charge in [-0.15, -0.1) is 0 Å². The van der Waals surface area contributed by atoms with Crippen LogP contribution in [0.2, 0.25) is 0 Å². The van der Waals surface area contributed by atoms with Crippen LogP contribution in [-0.2, 0) is 11.2 Å². The molecule has 5 heteroatoms. The van der Waals surface area contributed by atoms with E-state index < -0.39 is 6.09 Å². The molecule has 0 bridgehead atoms. The Kier molecular flexibility index (Phi) is 6.87. The number of hydrogen-bond acceptors (Lipinski definition) is 2. The highest BCUT2D eigenvalue weighted by Crippen LogP contribution is 2.17. The highest BCUT2D eigenvalue weighted by atomic mass is 79.9. The summed E-state index contributed by atoms with van der Waals surface area (Å²) in [5.41, 5.74) is 1.11. The van der Waals surface area contributed by atoms with Gasteiger partial charge in [0.1, 0.15) is 0 Å². The Hall–Kier alpha value is -1.07. The third-order valence-electron chi connectivity index (χ3n) is 2.92. The smallest absolute Gasteiger partial charge is 0.407 e. The van der Waals surface area contributed by atoms with Crippen LogP contribution in [-0.4, -0.2) is 41.9 Å². The normalized spacial score (nSPS) is 12.2. The molecule has 1 N–H and O–H groups in total. The highest BCUT2D eigenvalue weighted by Gasteiger charge is 2.19. The maximum Gasteiger partial charge on any atom is 0.407 e. The predicted octanol–water partition coefficient (Wildman–Crippen LogP) is 3.40. The van der Waals surface area contributed by atoms with E-state index in [2.05, 4.69) is 15.9 Å². The summed E-state index contributed by atoms with van der Waals surface area (Å²) >= 11 is 3.47.